The fourth-order valence-electron chi connectivity index (χ4n) is 1.76. The van der Waals surface area contributed by atoms with E-state index in [2.05, 4.69) is 11.9 Å². The second-order valence-corrected chi connectivity index (χ2v) is 4.21. The van der Waals surface area contributed by atoms with Crippen LogP contribution in [-0.2, 0) is 6.54 Å². The number of methoxy groups -OCH3 is 1. The predicted octanol–water partition coefficient (Wildman–Crippen LogP) is 1.87. The molecule has 1 aliphatic rings. The molecule has 1 aromatic rings. The summed E-state index contributed by atoms with van der Waals surface area (Å²) in [5.41, 5.74) is 7.94. The highest BCUT2D eigenvalue weighted by Gasteiger charge is 2.26. The minimum Gasteiger partial charge on any atom is -0.497 e. The molecular formula is C12H18N2O. The van der Waals surface area contributed by atoms with E-state index < -0.39 is 0 Å². The molecule has 3 heteroatoms. The van der Waals surface area contributed by atoms with Gasteiger partial charge in [-0.15, -0.1) is 0 Å². The Kier molecular flexibility index (Phi) is 2.82. The van der Waals surface area contributed by atoms with Crippen LogP contribution in [0.3, 0.4) is 0 Å². The summed E-state index contributed by atoms with van der Waals surface area (Å²) < 4.78 is 5.19. The van der Waals surface area contributed by atoms with Crippen LogP contribution in [0, 0.1) is 0 Å². The molecule has 0 bridgehead atoms. The highest BCUT2D eigenvalue weighted by atomic mass is 16.5. The fourth-order valence-corrected chi connectivity index (χ4v) is 1.76. The van der Waals surface area contributed by atoms with E-state index in [1.165, 1.54) is 12.8 Å². The molecule has 1 saturated carbocycles. The predicted molar refractivity (Wildman–Crippen MR) is 61.9 cm³/mol. The minimum atomic E-state index is 0.760. The molecule has 0 unspecified atom stereocenters. The molecule has 0 aliphatic heterocycles. The quantitative estimate of drug-likeness (QED) is 0.764. The standard InChI is InChI=1S/C12H18N2O/c1-14(10-3-4-10)8-9-7-11(15-2)5-6-12(9)13/h5-7,10H,3-4,8,13H2,1-2H3. The van der Waals surface area contributed by atoms with Crippen LogP contribution in [-0.4, -0.2) is 25.1 Å². The van der Waals surface area contributed by atoms with Crippen molar-refractivity contribution in [2.24, 2.45) is 0 Å². The van der Waals surface area contributed by atoms with Gasteiger partial charge < -0.3 is 10.5 Å². The van der Waals surface area contributed by atoms with E-state index in [1.54, 1.807) is 7.11 Å². The van der Waals surface area contributed by atoms with Crippen LogP contribution in [0.2, 0.25) is 0 Å². The summed E-state index contributed by atoms with van der Waals surface area (Å²) in [7, 11) is 3.83. The van der Waals surface area contributed by atoms with Crippen LogP contribution in [0.5, 0.6) is 5.75 Å². The molecule has 0 atom stereocenters. The van der Waals surface area contributed by atoms with Gasteiger partial charge in [-0.3, -0.25) is 4.90 Å². The molecular weight excluding hydrogens is 188 g/mol. The van der Waals surface area contributed by atoms with Crippen molar-refractivity contribution in [2.45, 2.75) is 25.4 Å². The van der Waals surface area contributed by atoms with Crippen LogP contribution < -0.4 is 10.5 Å². The Morgan fingerprint density at radius 2 is 2.20 bits per heavy atom. The normalized spacial score (nSPS) is 15.7. The van der Waals surface area contributed by atoms with Gasteiger partial charge >= 0.3 is 0 Å². The van der Waals surface area contributed by atoms with E-state index in [0.29, 0.717) is 0 Å². The molecule has 0 saturated heterocycles. The van der Waals surface area contributed by atoms with Crippen molar-refractivity contribution >= 4 is 5.69 Å². The van der Waals surface area contributed by atoms with Gasteiger partial charge in [0.1, 0.15) is 5.75 Å². The van der Waals surface area contributed by atoms with Crippen molar-refractivity contribution in [2.75, 3.05) is 19.9 Å². The SMILES string of the molecule is COc1ccc(N)c(CN(C)C2CC2)c1. The van der Waals surface area contributed by atoms with Gasteiger partial charge in [0, 0.05) is 18.3 Å². The zero-order valence-corrected chi connectivity index (χ0v) is 9.36. The number of nitrogens with two attached hydrogens (primary N) is 1. The van der Waals surface area contributed by atoms with E-state index in [9.17, 15) is 0 Å². The maximum atomic E-state index is 5.93. The zero-order chi connectivity index (χ0) is 10.8. The van der Waals surface area contributed by atoms with E-state index in [4.69, 9.17) is 10.5 Å². The third kappa shape index (κ3) is 2.42. The zero-order valence-electron chi connectivity index (χ0n) is 9.36. The first kappa shape index (κ1) is 10.3. The van der Waals surface area contributed by atoms with Crippen molar-refractivity contribution < 1.29 is 4.74 Å². The molecule has 1 aliphatic carbocycles. The number of nitrogen functional groups attached to an aromatic ring is 1. The number of anilines is 1. The average molecular weight is 206 g/mol. The number of hydrogen-bond donors (Lipinski definition) is 1. The number of ether oxygens (including phenoxy) is 1. The van der Waals surface area contributed by atoms with Crippen molar-refractivity contribution in [1.82, 2.24) is 4.90 Å². The average Bonchev–Trinajstić information content (AvgIpc) is 3.04. The maximum Gasteiger partial charge on any atom is 0.119 e. The van der Waals surface area contributed by atoms with Crippen molar-refractivity contribution in [3.63, 3.8) is 0 Å². The van der Waals surface area contributed by atoms with E-state index >= 15 is 0 Å². The van der Waals surface area contributed by atoms with Gasteiger partial charge in [0.15, 0.2) is 0 Å². The van der Waals surface area contributed by atoms with Crippen LogP contribution in [0.4, 0.5) is 5.69 Å². The van der Waals surface area contributed by atoms with E-state index in [1.807, 2.05) is 18.2 Å². The molecule has 0 radical (unpaired) electrons. The lowest BCUT2D eigenvalue weighted by atomic mass is 10.1. The van der Waals surface area contributed by atoms with Gasteiger partial charge in [-0.05, 0) is 43.7 Å². The lowest BCUT2D eigenvalue weighted by molar-refractivity contribution is 0.316. The topological polar surface area (TPSA) is 38.5 Å². The van der Waals surface area contributed by atoms with Gasteiger partial charge in [-0.2, -0.15) is 0 Å². The Morgan fingerprint density at radius 1 is 1.47 bits per heavy atom. The first-order valence-corrected chi connectivity index (χ1v) is 5.33. The van der Waals surface area contributed by atoms with Gasteiger partial charge in [0.05, 0.1) is 7.11 Å². The summed E-state index contributed by atoms with van der Waals surface area (Å²) >= 11 is 0. The Balaban J connectivity index is 2.11. The Hall–Kier alpha value is -1.22. The van der Waals surface area contributed by atoms with Crippen molar-refractivity contribution in [1.29, 1.82) is 0 Å². The second-order valence-electron chi connectivity index (χ2n) is 4.21. The lowest BCUT2D eigenvalue weighted by Crippen LogP contribution is -2.20. The largest absolute Gasteiger partial charge is 0.497 e. The number of nitrogens with zero attached hydrogens (tertiary/aromatic N) is 1. The monoisotopic (exact) mass is 206 g/mol. The van der Waals surface area contributed by atoms with E-state index in [0.717, 1.165) is 29.6 Å². The van der Waals surface area contributed by atoms with Gasteiger partial charge in [0.25, 0.3) is 0 Å². The molecule has 1 fully saturated rings. The van der Waals surface area contributed by atoms with Crippen LogP contribution in [0.1, 0.15) is 18.4 Å². The van der Waals surface area contributed by atoms with Crippen molar-refractivity contribution in [3.05, 3.63) is 23.8 Å². The van der Waals surface area contributed by atoms with Crippen LogP contribution in [0.25, 0.3) is 0 Å². The molecule has 1 aromatic carbocycles. The lowest BCUT2D eigenvalue weighted by Gasteiger charge is -2.17. The van der Waals surface area contributed by atoms with E-state index in [-0.39, 0.29) is 0 Å². The molecule has 82 valence electrons. The maximum absolute atomic E-state index is 5.93. The molecule has 2 rings (SSSR count). The molecule has 15 heavy (non-hydrogen) atoms. The number of hydrogen-bond acceptors (Lipinski definition) is 3. The minimum absolute atomic E-state index is 0.760. The third-order valence-corrected chi connectivity index (χ3v) is 2.94. The Bertz CT molecular complexity index is 347. The molecule has 2 N–H and O–H groups in total. The second kappa shape index (κ2) is 4.11. The summed E-state index contributed by atoms with van der Waals surface area (Å²) in [4.78, 5) is 2.35. The highest BCUT2D eigenvalue weighted by molar-refractivity contribution is 5.50. The molecule has 0 spiro atoms. The summed E-state index contributed by atoms with van der Waals surface area (Å²) in [5.74, 6) is 0.878. The summed E-state index contributed by atoms with van der Waals surface area (Å²) in [5, 5.41) is 0. The number of rotatable bonds is 4. The Labute approximate surface area is 90.8 Å². The van der Waals surface area contributed by atoms with Gasteiger partial charge in [-0.25, -0.2) is 0 Å². The molecule has 0 amide bonds. The van der Waals surface area contributed by atoms with Crippen LogP contribution >= 0.6 is 0 Å². The molecule has 0 heterocycles. The summed E-state index contributed by atoms with van der Waals surface area (Å²) in [6, 6.07) is 6.59. The summed E-state index contributed by atoms with van der Waals surface area (Å²) in [6.45, 7) is 0.910. The van der Waals surface area contributed by atoms with Crippen molar-refractivity contribution in [3.8, 4) is 5.75 Å². The first-order chi connectivity index (χ1) is 7.20. The first-order valence-electron chi connectivity index (χ1n) is 5.33. The summed E-state index contributed by atoms with van der Waals surface area (Å²) in [6.07, 6.45) is 2.64. The van der Waals surface area contributed by atoms with Gasteiger partial charge in [0.2, 0.25) is 0 Å². The number of benzene rings is 1. The Morgan fingerprint density at radius 3 is 2.80 bits per heavy atom. The van der Waals surface area contributed by atoms with Crippen LogP contribution in [0.15, 0.2) is 18.2 Å². The fraction of sp³-hybridized carbons (Fsp3) is 0.500. The molecule has 0 aromatic heterocycles. The smallest absolute Gasteiger partial charge is 0.119 e. The molecule has 3 nitrogen and oxygen atoms in total. The van der Waals surface area contributed by atoms with Gasteiger partial charge in [-0.1, -0.05) is 0 Å². The third-order valence-electron chi connectivity index (χ3n) is 2.94. The highest BCUT2D eigenvalue weighted by Crippen LogP contribution is 2.28.